The zero-order valence-corrected chi connectivity index (χ0v) is 22.0. The Hall–Kier alpha value is -3.95. The highest BCUT2D eigenvalue weighted by atomic mass is 35.5. The number of nitrogens with one attached hydrogen (secondary N) is 2. The average molecular weight is 571 g/mol. The van der Waals surface area contributed by atoms with Gasteiger partial charge in [0.25, 0.3) is 5.91 Å². The van der Waals surface area contributed by atoms with Crippen molar-refractivity contribution in [2.45, 2.75) is 16.3 Å². The molecule has 0 fully saturated rings. The van der Waals surface area contributed by atoms with E-state index in [0.717, 1.165) is 12.1 Å². The van der Waals surface area contributed by atoms with E-state index >= 15 is 0 Å². The van der Waals surface area contributed by atoms with Gasteiger partial charge < -0.3 is 15.4 Å². The Morgan fingerprint density at radius 2 is 1.59 bits per heavy atom. The van der Waals surface area contributed by atoms with Crippen molar-refractivity contribution in [3.63, 3.8) is 0 Å². The lowest BCUT2D eigenvalue weighted by Crippen LogP contribution is -2.21. The molecule has 1 unspecified atom stereocenters. The fourth-order valence-corrected chi connectivity index (χ4v) is 4.88. The second-order valence-electron chi connectivity index (χ2n) is 8.30. The number of alkyl halides is 3. The number of rotatable bonds is 8. The van der Waals surface area contributed by atoms with E-state index < -0.39 is 22.9 Å². The third-order valence-electron chi connectivity index (χ3n) is 5.58. The van der Waals surface area contributed by atoms with Crippen LogP contribution < -0.4 is 15.4 Å². The summed E-state index contributed by atoms with van der Waals surface area (Å²) >= 11 is 6.94. The number of anilines is 2. The third-order valence-corrected chi connectivity index (χ3v) is 7.08. The Bertz CT molecular complexity index is 1470. The molecule has 2 amide bonds. The Morgan fingerprint density at radius 1 is 0.872 bits per heavy atom. The molecule has 0 saturated heterocycles. The van der Waals surface area contributed by atoms with Gasteiger partial charge in [-0.05, 0) is 66.2 Å². The van der Waals surface area contributed by atoms with Crippen LogP contribution in [-0.2, 0) is 11.0 Å². The van der Waals surface area contributed by atoms with Gasteiger partial charge in [0.2, 0.25) is 5.91 Å². The number of ether oxygens (including phenoxy) is 1. The van der Waals surface area contributed by atoms with Crippen molar-refractivity contribution in [2.75, 3.05) is 17.7 Å². The Labute approximate surface area is 232 Å². The molecule has 0 saturated carbocycles. The highest BCUT2D eigenvalue weighted by Gasteiger charge is 2.35. The smallest absolute Gasteiger partial charge is 0.418 e. The summed E-state index contributed by atoms with van der Waals surface area (Å²) in [5.41, 5.74) is 0.154. The number of methoxy groups -OCH3 is 1. The molecule has 10 heteroatoms. The van der Waals surface area contributed by atoms with Crippen molar-refractivity contribution < 1.29 is 27.5 Å². The highest BCUT2D eigenvalue weighted by molar-refractivity contribution is 8.00. The monoisotopic (exact) mass is 570 g/mol. The van der Waals surface area contributed by atoms with Gasteiger partial charge in [0.1, 0.15) is 11.0 Å². The summed E-state index contributed by atoms with van der Waals surface area (Å²) in [6.07, 6.45) is -4.70. The number of amides is 2. The molecule has 200 valence electrons. The van der Waals surface area contributed by atoms with Crippen molar-refractivity contribution in [1.29, 1.82) is 0 Å². The first-order valence-corrected chi connectivity index (χ1v) is 12.8. The lowest BCUT2D eigenvalue weighted by Gasteiger charge is -2.19. The quantitative estimate of drug-likeness (QED) is 0.210. The SMILES string of the molecule is COc1cccc(C(=O)Nc2ccc(SC(C(=O)Nc3ccc(Cl)cc3C(F)(F)F)c3ccccc3)cc2)c1. The number of carbonyl (C=O) groups excluding carboxylic acids is 2. The van der Waals surface area contributed by atoms with Crippen LogP contribution >= 0.6 is 23.4 Å². The third kappa shape index (κ3) is 7.34. The number of halogens is 4. The van der Waals surface area contributed by atoms with E-state index in [1.807, 2.05) is 0 Å². The average Bonchev–Trinajstić information content (AvgIpc) is 2.93. The fraction of sp³-hybridized carbons (Fsp3) is 0.103. The summed E-state index contributed by atoms with van der Waals surface area (Å²) in [4.78, 5) is 26.6. The van der Waals surface area contributed by atoms with Crippen LogP contribution in [0.5, 0.6) is 5.75 Å². The Morgan fingerprint density at radius 3 is 2.26 bits per heavy atom. The minimum atomic E-state index is -4.70. The molecule has 4 rings (SSSR count). The molecule has 0 aliphatic rings. The molecule has 4 aromatic rings. The normalized spacial score (nSPS) is 11.9. The van der Waals surface area contributed by atoms with Crippen LogP contribution in [0.1, 0.15) is 26.7 Å². The van der Waals surface area contributed by atoms with Crippen LogP contribution in [0.4, 0.5) is 24.5 Å². The lowest BCUT2D eigenvalue weighted by atomic mass is 10.1. The van der Waals surface area contributed by atoms with Gasteiger partial charge >= 0.3 is 6.18 Å². The summed E-state index contributed by atoms with van der Waals surface area (Å²) in [6.45, 7) is 0. The summed E-state index contributed by atoms with van der Waals surface area (Å²) in [5.74, 6) is -0.394. The molecule has 1 atom stereocenters. The van der Waals surface area contributed by atoms with Crippen molar-refractivity contribution in [1.82, 2.24) is 0 Å². The molecular weight excluding hydrogens is 549 g/mol. The standard InChI is InChI=1S/C29H22ClF3N2O3S/c1-38-22-9-5-8-19(16-22)27(36)34-21-11-13-23(14-12-21)39-26(18-6-3-2-4-7-18)28(37)35-25-15-10-20(30)17-24(25)29(31,32)33/h2-17,26H,1H3,(H,34,36)(H,35,37). The zero-order valence-electron chi connectivity index (χ0n) is 20.5. The second-order valence-corrected chi connectivity index (χ2v) is 9.91. The molecule has 4 aromatic carbocycles. The van der Waals surface area contributed by atoms with Gasteiger partial charge in [-0.3, -0.25) is 9.59 Å². The first-order valence-electron chi connectivity index (χ1n) is 11.6. The summed E-state index contributed by atoms with van der Waals surface area (Å²) in [6, 6.07) is 25.5. The van der Waals surface area contributed by atoms with E-state index in [4.69, 9.17) is 16.3 Å². The molecule has 2 N–H and O–H groups in total. The van der Waals surface area contributed by atoms with Crippen molar-refractivity contribution >= 4 is 46.6 Å². The van der Waals surface area contributed by atoms with Crippen LogP contribution in [0.2, 0.25) is 5.02 Å². The first-order chi connectivity index (χ1) is 18.6. The predicted octanol–water partition coefficient (Wildman–Crippen LogP) is 8.09. The number of hydrogen-bond donors (Lipinski definition) is 2. The van der Waals surface area contributed by atoms with Gasteiger partial charge in [0.15, 0.2) is 0 Å². The van der Waals surface area contributed by atoms with E-state index in [9.17, 15) is 22.8 Å². The fourth-order valence-electron chi connectivity index (χ4n) is 3.68. The van der Waals surface area contributed by atoms with Crippen LogP contribution in [0.15, 0.2) is 102 Å². The van der Waals surface area contributed by atoms with Gasteiger partial charge in [-0.25, -0.2) is 0 Å². The second kappa shape index (κ2) is 12.3. The van der Waals surface area contributed by atoms with E-state index in [1.165, 1.54) is 24.9 Å². The number of benzene rings is 4. The molecule has 0 aliphatic heterocycles. The maximum atomic E-state index is 13.6. The van der Waals surface area contributed by atoms with E-state index in [0.29, 0.717) is 27.5 Å². The summed E-state index contributed by atoms with van der Waals surface area (Å²) in [7, 11) is 1.51. The molecule has 0 aliphatic carbocycles. The minimum Gasteiger partial charge on any atom is -0.497 e. The number of hydrogen-bond acceptors (Lipinski definition) is 4. The molecule has 0 aromatic heterocycles. The predicted molar refractivity (Wildman–Crippen MR) is 148 cm³/mol. The molecule has 0 heterocycles. The van der Waals surface area contributed by atoms with Crippen molar-refractivity contribution in [3.8, 4) is 5.75 Å². The van der Waals surface area contributed by atoms with Gasteiger partial charge in [-0.15, -0.1) is 11.8 Å². The maximum absolute atomic E-state index is 13.6. The van der Waals surface area contributed by atoms with E-state index in [-0.39, 0.29) is 16.6 Å². The molecule has 0 spiro atoms. The van der Waals surface area contributed by atoms with Crippen LogP contribution in [0.25, 0.3) is 0 Å². The van der Waals surface area contributed by atoms with Gasteiger partial charge in [-0.2, -0.15) is 13.2 Å². The topological polar surface area (TPSA) is 67.4 Å². The highest BCUT2D eigenvalue weighted by Crippen LogP contribution is 2.40. The van der Waals surface area contributed by atoms with Gasteiger partial charge in [-0.1, -0.05) is 48.0 Å². The van der Waals surface area contributed by atoms with Gasteiger partial charge in [0.05, 0.1) is 18.4 Å². The van der Waals surface area contributed by atoms with Crippen LogP contribution in [0, 0.1) is 0 Å². The zero-order chi connectivity index (χ0) is 28.0. The molecule has 5 nitrogen and oxygen atoms in total. The minimum absolute atomic E-state index is 0.0899. The Kier molecular flexibility index (Phi) is 8.83. The van der Waals surface area contributed by atoms with Gasteiger partial charge in [0, 0.05) is 21.2 Å². The van der Waals surface area contributed by atoms with Crippen molar-refractivity contribution in [2.24, 2.45) is 0 Å². The molecule has 39 heavy (non-hydrogen) atoms. The number of thioether (sulfide) groups is 1. The largest absolute Gasteiger partial charge is 0.497 e. The molecular formula is C29H22ClF3N2O3S. The molecule has 0 radical (unpaired) electrons. The summed E-state index contributed by atoms with van der Waals surface area (Å²) in [5, 5.41) is 4.27. The van der Waals surface area contributed by atoms with E-state index in [2.05, 4.69) is 10.6 Å². The van der Waals surface area contributed by atoms with Crippen LogP contribution in [0.3, 0.4) is 0 Å². The summed E-state index contributed by atoms with van der Waals surface area (Å²) < 4.78 is 45.9. The van der Waals surface area contributed by atoms with Crippen molar-refractivity contribution in [3.05, 3.63) is 119 Å². The van der Waals surface area contributed by atoms with Crippen LogP contribution in [-0.4, -0.2) is 18.9 Å². The Balaban J connectivity index is 1.53. The molecule has 0 bridgehead atoms. The maximum Gasteiger partial charge on any atom is 0.418 e. The lowest BCUT2D eigenvalue weighted by molar-refractivity contribution is -0.137. The first kappa shape index (κ1) is 28.1. The number of carbonyl (C=O) groups is 2. The van der Waals surface area contributed by atoms with E-state index in [1.54, 1.807) is 78.9 Å².